The van der Waals surface area contributed by atoms with E-state index in [9.17, 15) is 0 Å². The third-order valence-electron chi connectivity index (χ3n) is 5.10. The Bertz CT molecular complexity index is 477. The van der Waals surface area contributed by atoms with E-state index in [1.54, 1.807) is 0 Å². The molecule has 0 saturated heterocycles. The van der Waals surface area contributed by atoms with Crippen molar-refractivity contribution in [3.05, 3.63) is 29.3 Å². The molecule has 1 atom stereocenters. The zero-order valence-corrected chi connectivity index (χ0v) is 16.2. The third-order valence-corrected chi connectivity index (χ3v) is 5.32. The van der Waals surface area contributed by atoms with Crippen LogP contribution in [0.4, 0.5) is 0 Å². The summed E-state index contributed by atoms with van der Waals surface area (Å²) in [7, 11) is 0. The predicted octanol–water partition coefficient (Wildman–Crippen LogP) is 6.46. The van der Waals surface area contributed by atoms with Gasteiger partial charge in [0, 0.05) is 11.4 Å². The Morgan fingerprint density at radius 1 is 1.05 bits per heavy atom. The summed E-state index contributed by atoms with van der Waals surface area (Å²) in [5, 5.41) is 0. The van der Waals surface area contributed by atoms with Crippen LogP contribution in [0, 0.1) is 0 Å². The molecular weight excluding hydrogens is 292 g/mol. The zero-order chi connectivity index (χ0) is 17.0. The van der Waals surface area contributed by atoms with E-state index in [-0.39, 0.29) is 16.9 Å². The summed E-state index contributed by atoms with van der Waals surface area (Å²) in [4.78, 5) is 0. The molecule has 0 spiro atoms. The number of hydrogen-bond acceptors (Lipinski definition) is 1. The Morgan fingerprint density at radius 3 is 2.14 bits per heavy atom. The number of ether oxygens (including phenoxy) is 1. The number of rotatable bonds is 8. The lowest BCUT2D eigenvalue weighted by Crippen LogP contribution is -2.23. The van der Waals surface area contributed by atoms with Crippen molar-refractivity contribution in [2.75, 3.05) is 5.88 Å². The van der Waals surface area contributed by atoms with Crippen LogP contribution in [0.3, 0.4) is 0 Å². The zero-order valence-electron chi connectivity index (χ0n) is 15.4. The molecule has 1 nitrogen and oxygen atoms in total. The van der Waals surface area contributed by atoms with E-state index >= 15 is 0 Å². The monoisotopic (exact) mass is 324 g/mol. The minimum absolute atomic E-state index is 0.107. The van der Waals surface area contributed by atoms with Crippen molar-refractivity contribution in [1.29, 1.82) is 0 Å². The SMILES string of the molecule is CCC(C)(C)c1ccc(OC(C)CCCl)c(C(C)(C)CC)c1. The van der Waals surface area contributed by atoms with Gasteiger partial charge in [0.05, 0.1) is 6.10 Å². The fourth-order valence-electron chi connectivity index (χ4n) is 2.41. The second kappa shape index (κ2) is 7.73. The highest BCUT2D eigenvalue weighted by Gasteiger charge is 2.27. The van der Waals surface area contributed by atoms with Crippen LogP contribution in [-0.4, -0.2) is 12.0 Å². The van der Waals surface area contributed by atoms with Gasteiger partial charge in [0.25, 0.3) is 0 Å². The first-order valence-electron chi connectivity index (χ1n) is 8.55. The van der Waals surface area contributed by atoms with Crippen LogP contribution >= 0.6 is 11.6 Å². The summed E-state index contributed by atoms with van der Waals surface area (Å²) < 4.78 is 6.19. The Hall–Kier alpha value is -0.690. The molecule has 0 aliphatic carbocycles. The van der Waals surface area contributed by atoms with Gasteiger partial charge in [-0.25, -0.2) is 0 Å². The third kappa shape index (κ3) is 4.65. The van der Waals surface area contributed by atoms with Gasteiger partial charge in [-0.15, -0.1) is 11.6 Å². The van der Waals surface area contributed by atoms with E-state index in [0.717, 1.165) is 25.0 Å². The lowest BCUT2D eigenvalue weighted by molar-refractivity contribution is 0.212. The Morgan fingerprint density at radius 2 is 1.64 bits per heavy atom. The quantitative estimate of drug-likeness (QED) is 0.499. The summed E-state index contributed by atoms with van der Waals surface area (Å²) in [6.07, 6.45) is 3.23. The molecule has 1 unspecified atom stereocenters. The summed E-state index contributed by atoms with van der Waals surface area (Å²) >= 11 is 5.84. The van der Waals surface area contributed by atoms with Gasteiger partial charge < -0.3 is 4.74 Å². The minimum atomic E-state index is 0.107. The van der Waals surface area contributed by atoms with Gasteiger partial charge in [-0.1, -0.05) is 53.7 Å². The van der Waals surface area contributed by atoms with Crippen molar-refractivity contribution in [2.45, 2.75) is 84.7 Å². The fraction of sp³-hybridized carbons (Fsp3) is 0.700. The largest absolute Gasteiger partial charge is 0.490 e. The molecule has 0 aliphatic heterocycles. The maximum Gasteiger partial charge on any atom is 0.123 e. The summed E-state index contributed by atoms with van der Waals surface area (Å²) in [5.74, 6) is 1.65. The highest BCUT2D eigenvalue weighted by molar-refractivity contribution is 6.17. The molecule has 22 heavy (non-hydrogen) atoms. The highest BCUT2D eigenvalue weighted by Crippen LogP contribution is 2.38. The molecule has 0 bridgehead atoms. The van der Waals surface area contributed by atoms with Gasteiger partial charge in [-0.05, 0) is 48.6 Å². The normalized spacial score (nSPS) is 14.0. The van der Waals surface area contributed by atoms with Crippen LogP contribution in [0.5, 0.6) is 5.75 Å². The van der Waals surface area contributed by atoms with Gasteiger partial charge in [0.2, 0.25) is 0 Å². The van der Waals surface area contributed by atoms with Gasteiger partial charge in [-0.2, -0.15) is 0 Å². The van der Waals surface area contributed by atoms with Gasteiger partial charge in [-0.3, -0.25) is 0 Å². The van der Waals surface area contributed by atoms with Crippen LogP contribution in [0.2, 0.25) is 0 Å². The molecule has 0 aromatic heterocycles. The molecule has 0 saturated carbocycles. The predicted molar refractivity (Wildman–Crippen MR) is 98.5 cm³/mol. The van der Waals surface area contributed by atoms with Crippen molar-refractivity contribution in [3.63, 3.8) is 0 Å². The van der Waals surface area contributed by atoms with Crippen LogP contribution < -0.4 is 4.74 Å². The van der Waals surface area contributed by atoms with Crippen molar-refractivity contribution in [1.82, 2.24) is 0 Å². The van der Waals surface area contributed by atoms with E-state index in [0.29, 0.717) is 5.88 Å². The Kier molecular flexibility index (Phi) is 6.80. The van der Waals surface area contributed by atoms with Crippen LogP contribution in [0.15, 0.2) is 18.2 Å². The van der Waals surface area contributed by atoms with Crippen LogP contribution in [0.1, 0.15) is 78.9 Å². The van der Waals surface area contributed by atoms with Gasteiger partial charge in [0.15, 0.2) is 0 Å². The van der Waals surface area contributed by atoms with Crippen molar-refractivity contribution in [2.24, 2.45) is 0 Å². The van der Waals surface area contributed by atoms with Crippen molar-refractivity contribution in [3.8, 4) is 5.75 Å². The molecule has 0 heterocycles. The molecule has 0 amide bonds. The molecule has 1 rings (SSSR count). The van der Waals surface area contributed by atoms with E-state index in [1.165, 1.54) is 11.1 Å². The highest BCUT2D eigenvalue weighted by atomic mass is 35.5. The minimum Gasteiger partial charge on any atom is -0.490 e. The van der Waals surface area contributed by atoms with E-state index in [1.807, 2.05) is 0 Å². The fourth-order valence-corrected chi connectivity index (χ4v) is 2.71. The summed E-state index contributed by atoms with van der Waals surface area (Å²) in [6, 6.07) is 6.74. The maximum absolute atomic E-state index is 6.19. The van der Waals surface area contributed by atoms with Gasteiger partial charge >= 0.3 is 0 Å². The van der Waals surface area contributed by atoms with E-state index < -0.39 is 0 Å². The number of alkyl halides is 1. The summed E-state index contributed by atoms with van der Waals surface area (Å²) in [5.41, 5.74) is 3.01. The molecule has 2 heteroatoms. The smallest absolute Gasteiger partial charge is 0.123 e. The first kappa shape index (κ1) is 19.4. The number of halogens is 1. The average molecular weight is 325 g/mol. The molecular formula is C20H33ClO. The maximum atomic E-state index is 6.19. The summed E-state index contributed by atoms with van der Waals surface area (Å²) in [6.45, 7) is 15.8. The van der Waals surface area contributed by atoms with Crippen LogP contribution in [-0.2, 0) is 10.8 Å². The van der Waals surface area contributed by atoms with Gasteiger partial charge in [0.1, 0.15) is 5.75 Å². The molecule has 0 radical (unpaired) electrons. The van der Waals surface area contributed by atoms with E-state index in [2.05, 4.69) is 66.7 Å². The lowest BCUT2D eigenvalue weighted by Gasteiger charge is -2.31. The van der Waals surface area contributed by atoms with Crippen molar-refractivity contribution < 1.29 is 4.74 Å². The second-order valence-electron chi connectivity index (χ2n) is 7.59. The van der Waals surface area contributed by atoms with Crippen LogP contribution in [0.25, 0.3) is 0 Å². The second-order valence-corrected chi connectivity index (χ2v) is 7.97. The Labute approximate surface area is 142 Å². The topological polar surface area (TPSA) is 9.23 Å². The number of benzene rings is 1. The van der Waals surface area contributed by atoms with Crippen molar-refractivity contribution >= 4 is 11.6 Å². The first-order valence-corrected chi connectivity index (χ1v) is 9.09. The molecule has 0 aliphatic rings. The molecule has 126 valence electrons. The molecule has 1 aromatic carbocycles. The van der Waals surface area contributed by atoms with E-state index in [4.69, 9.17) is 16.3 Å². The Balaban J connectivity index is 3.27. The molecule has 0 fully saturated rings. The average Bonchev–Trinajstić information content (AvgIpc) is 2.47. The standard InChI is InChI=1S/C20H33ClO/c1-8-19(4,5)16-10-11-18(22-15(3)12-13-21)17(14-16)20(6,7)9-2/h10-11,14-15H,8-9,12-13H2,1-7H3. The molecule has 0 N–H and O–H groups in total. The first-order chi connectivity index (χ1) is 10.2. The molecule has 1 aromatic rings. The lowest BCUT2D eigenvalue weighted by atomic mass is 9.76. The number of hydrogen-bond donors (Lipinski definition) is 0.